The van der Waals surface area contributed by atoms with Crippen LogP contribution < -0.4 is 0 Å². The molecule has 0 N–H and O–H groups in total. The minimum atomic E-state index is -0.538. The molecule has 2 aliphatic rings. The van der Waals surface area contributed by atoms with E-state index in [0.29, 0.717) is 30.6 Å². The van der Waals surface area contributed by atoms with Crippen LogP contribution in [0.1, 0.15) is 56.4 Å². The second-order valence-corrected chi connectivity index (χ2v) is 6.97. The molecule has 1 saturated carbocycles. The summed E-state index contributed by atoms with van der Waals surface area (Å²) in [4.78, 5) is 0. The van der Waals surface area contributed by atoms with Gasteiger partial charge >= 0.3 is 0 Å². The summed E-state index contributed by atoms with van der Waals surface area (Å²) in [7, 11) is 0. The van der Waals surface area contributed by atoms with Gasteiger partial charge in [-0.25, -0.2) is 4.39 Å². The molecule has 0 spiro atoms. The summed E-state index contributed by atoms with van der Waals surface area (Å²) in [6.45, 7) is 5.57. The van der Waals surface area contributed by atoms with Crippen molar-refractivity contribution >= 4 is 0 Å². The first-order chi connectivity index (χ1) is 10.7. The van der Waals surface area contributed by atoms with E-state index in [-0.39, 0.29) is 5.82 Å². The Balaban J connectivity index is 1.54. The standard InChI is InChI=1S/C19H27FO2/c1-3-14-5-7-15(8-6-14)16-11-21-19(22-12-16)17-9-4-13(2)10-18(17)20/h4,9-10,14-16,19H,3,5-8,11-12H2,1-2H3. The van der Waals surface area contributed by atoms with Crippen molar-refractivity contribution in [2.45, 2.75) is 52.2 Å². The highest BCUT2D eigenvalue weighted by Crippen LogP contribution is 2.38. The molecule has 0 aromatic heterocycles. The summed E-state index contributed by atoms with van der Waals surface area (Å²) >= 11 is 0. The van der Waals surface area contributed by atoms with Crippen molar-refractivity contribution in [1.82, 2.24) is 0 Å². The van der Waals surface area contributed by atoms with E-state index in [9.17, 15) is 4.39 Å². The lowest BCUT2D eigenvalue weighted by Crippen LogP contribution is -2.34. The smallest absolute Gasteiger partial charge is 0.186 e. The summed E-state index contributed by atoms with van der Waals surface area (Å²) in [5.41, 5.74) is 1.45. The molecule has 0 atom stereocenters. The van der Waals surface area contributed by atoms with Crippen molar-refractivity contribution in [3.05, 3.63) is 35.1 Å². The number of ether oxygens (including phenoxy) is 2. The van der Waals surface area contributed by atoms with Gasteiger partial charge in [0.15, 0.2) is 6.29 Å². The maximum atomic E-state index is 14.0. The highest BCUT2D eigenvalue weighted by atomic mass is 19.1. The molecule has 2 fully saturated rings. The second kappa shape index (κ2) is 7.10. The topological polar surface area (TPSA) is 18.5 Å². The minimum absolute atomic E-state index is 0.230. The fraction of sp³-hybridized carbons (Fsp3) is 0.684. The quantitative estimate of drug-likeness (QED) is 0.781. The molecule has 0 bridgehead atoms. The Kier molecular flexibility index (Phi) is 5.14. The zero-order chi connectivity index (χ0) is 15.5. The third-order valence-electron chi connectivity index (χ3n) is 5.47. The van der Waals surface area contributed by atoms with E-state index in [1.807, 2.05) is 13.0 Å². The predicted molar refractivity (Wildman–Crippen MR) is 85.0 cm³/mol. The normalized spacial score (nSPS) is 32.9. The molecule has 0 unspecified atom stereocenters. The fourth-order valence-corrected chi connectivity index (χ4v) is 3.86. The molecule has 1 aliphatic heterocycles. The average molecular weight is 306 g/mol. The second-order valence-electron chi connectivity index (χ2n) is 6.97. The monoisotopic (exact) mass is 306 g/mol. The molecule has 2 nitrogen and oxygen atoms in total. The Morgan fingerprint density at radius 3 is 2.32 bits per heavy atom. The molecule has 1 aliphatic carbocycles. The van der Waals surface area contributed by atoms with E-state index in [1.54, 1.807) is 12.1 Å². The first-order valence-electron chi connectivity index (χ1n) is 8.66. The zero-order valence-corrected chi connectivity index (χ0v) is 13.7. The van der Waals surface area contributed by atoms with Gasteiger partial charge in [-0.3, -0.25) is 0 Å². The van der Waals surface area contributed by atoms with Gasteiger partial charge in [-0.05, 0) is 43.2 Å². The lowest BCUT2D eigenvalue weighted by molar-refractivity contribution is -0.215. The van der Waals surface area contributed by atoms with Crippen LogP contribution in [0, 0.1) is 30.5 Å². The Morgan fingerprint density at radius 1 is 1.05 bits per heavy atom. The van der Waals surface area contributed by atoms with Crippen molar-refractivity contribution < 1.29 is 13.9 Å². The zero-order valence-electron chi connectivity index (χ0n) is 13.7. The van der Waals surface area contributed by atoms with E-state index in [0.717, 1.165) is 11.5 Å². The van der Waals surface area contributed by atoms with Crippen LogP contribution >= 0.6 is 0 Å². The average Bonchev–Trinajstić information content (AvgIpc) is 2.55. The molecule has 22 heavy (non-hydrogen) atoms. The molecule has 3 heteroatoms. The Morgan fingerprint density at radius 2 is 1.73 bits per heavy atom. The van der Waals surface area contributed by atoms with Crippen molar-refractivity contribution in [3.63, 3.8) is 0 Å². The summed E-state index contributed by atoms with van der Waals surface area (Å²) in [5.74, 6) is 1.87. The number of halogens is 1. The summed E-state index contributed by atoms with van der Waals surface area (Å²) in [5, 5.41) is 0. The lowest BCUT2D eigenvalue weighted by atomic mass is 9.75. The van der Waals surface area contributed by atoms with Gasteiger partial charge in [-0.15, -0.1) is 0 Å². The predicted octanol–water partition coefficient (Wildman–Crippen LogP) is 5.01. The van der Waals surface area contributed by atoms with Gasteiger partial charge in [0.2, 0.25) is 0 Å². The van der Waals surface area contributed by atoms with Gasteiger partial charge in [0, 0.05) is 11.5 Å². The molecule has 1 aromatic rings. The summed E-state index contributed by atoms with van der Waals surface area (Å²) in [6, 6.07) is 5.23. The van der Waals surface area contributed by atoms with Crippen LogP contribution in [0.25, 0.3) is 0 Å². The Bertz CT molecular complexity index is 486. The molecular weight excluding hydrogens is 279 g/mol. The maximum Gasteiger partial charge on any atom is 0.186 e. The number of rotatable bonds is 3. The number of aryl methyl sites for hydroxylation is 1. The van der Waals surface area contributed by atoms with Gasteiger partial charge in [-0.2, -0.15) is 0 Å². The van der Waals surface area contributed by atoms with Crippen LogP contribution in [-0.2, 0) is 9.47 Å². The fourth-order valence-electron chi connectivity index (χ4n) is 3.86. The van der Waals surface area contributed by atoms with E-state index in [1.165, 1.54) is 32.1 Å². The van der Waals surface area contributed by atoms with Gasteiger partial charge < -0.3 is 9.47 Å². The third-order valence-corrected chi connectivity index (χ3v) is 5.47. The van der Waals surface area contributed by atoms with Crippen LogP contribution in [0.15, 0.2) is 18.2 Å². The number of benzene rings is 1. The highest BCUT2D eigenvalue weighted by Gasteiger charge is 2.32. The first-order valence-corrected chi connectivity index (χ1v) is 8.66. The molecule has 3 rings (SSSR count). The molecule has 1 saturated heterocycles. The van der Waals surface area contributed by atoms with Crippen molar-refractivity contribution in [2.75, 3.05) is 13.2 Å². The van der Waals surface area contributed by atoms with E-state index in [4.69, 9.17) is 9.47 Å². The first kappa shape index (κ1) is 15.9. The van der Waals surface area contributed by atoms with Gasteiger partial charge in [0.1, 0.15) is 5.82 Å². The molecule has 0 amide bonds. The van der Waals surface area contributed by atoms with Gasteiger partial charge in [-0.1, -0.05) is 38.3 Å². The molecular formula is C19H27FO2. The van der Waals surface area contributed by atoms with Crippen LogP contribution in [0.3, 0.4) is 0 Å². The summed E-state index contributed by atoms with van der Waals surface area (Å²) < 4.78 is 25.7. The van der Waals surface area contributed by atoms with Crippen LogP contribution in [0.2, 0.25) is 0 Å². The van der Waals surface area contributed by atoms with E-state index >= 15 is 0 Å². The maximum absolute atomic E-state index is 14.0. The van der Waals surface area contributed by atoms with E-state index in [2.05, 4.69) is 6.92 Å². The third kappa shape index (κ3) is 3.52. The van der Waals surface area contributed by atoms with Crippen molar-refractivity contribution in [2.24, 2.45) is 17.8 Å². The molecule has 1 aromatic carbocycles. The highest BCUT2D eigenvalue weighted by molar-refractivity contribution is 5.24. The summed E-state index contributed by atoms with van der Waals surface area (Å²) in [6.07, 6.45) is 6.03. The van der Waals surface area contributed by atoms with Gasteiger partial charge in [0.25, 0.3) is 0 Å². The molecule has 1 heterocycles. The van der Waals surface area contributed by atoms with Crippen LogP contribution in [-0.4, -0.2) is 13.2 Å². The van der Waals surface area contributed by atoms with Crippen LogP contribution in [0.4, 0.5) is 4.39 Å². The number of hydrogen-bond acceptors (Lipinski definition) is 2. The minimum Gasteiger partial charge on any atom is -0.348 e. The Hall–Kier alpha value is -0.930. The van der Waals surface area contributed by atoms with Crippen molar-refractivity contribution in [1.29, 1.82) is 0 Å². The largest absolute Gasteiger partial charge is 0.348 e. The molecule has 122 valence electrons. The van der Waals surface area contributed by atoms with Gasteiger partial charge in [0.05, 0.1) is 13.2 Å². The van der Waals surface area contributed by atoms with Crippen LogP contribution in [0.5, 0.6) is 0 Å². The Labute approximate surface area is 133 Å². The van der Waals surface area contributed by atoms with E-state index < -0.39 is 6.29 Å². The van der Waals surface area contributed by atoms with Crippen molar-refractivity contribution in [3.8, 4) is 0 Å². The lowest BCUT2D eigenvalue weighted by Gasteiger charge is -2.37. The molecule has 0 radical (unpaired) electrons. The number of hydrogen-bond donors (Lipinski definition) is 0. The SMILES string of the molecule is CCC1CCC(C2COC(c3ccc(C)cc3F)OC2)CC1.